The van der Waals surface area contributed by atoms with Gasteiger partial charge in [-0.15, -0.1) is 0 Å². The first-order chi connectivity index (χ1) is 11.0. The molecule has 3 nitrogen and oxygen atoms in total. The maximum absolute atomic E-state index is 12.9. The number of likely N-dealkylation sites (tertiary alicyclic amines) is 1. The normalized spacial score (nSPS) is 22.7. The minimum atomic E-state index is 0.115. The Hall–Kier alpha value is -1.29. The Balaban J connectivity index is 1.74. The van der Waals surface area contributed by atoms with Crippen molar-refractivity contribution in [3.8, 4) is 0 Å². The average molecular weight is 376 g/mol. The van der Waals surface area contributed by atoms with Crippen LogP contribution in [0.2, 0.25) is 0 Å². The predicted octanol–water partition coefficient (Wildman–Crippen LogP) is 5.12. The molecule has 1 saturated heterocycles. The van der Waals surface area contributed by atoms with E-state index < -0.39 is 0 Å². The number of furan rings is 1. The van der Waals surface area contributed by atoms with Crippen LogP contribution in [0.5, 0.6) is 0 Å². The Morgan fingerprint density at radius 3 is 2.87 bits per heavy atom. The lowest BCUT2D eigenvalue weighted by molar-refractivity contribution is 0.0788. The standard InChI is InChI=1S/C19H22BrNO2/c1-3-12-4-7-21(10-12)18(22)15-11-23-17-14(15)8-13(20)9-16(17)19(2)5-6-19/h8-9,11-12H,3-7,10H2,1-2H3. The fraction of sp³-hybridized carbons (Fsp3) is 0.526. The number of nitrogens with zero attached hydrogens (tertiary/aromatic N) is 1. The van der Waals surface area contributed by atoms with Gasteiger partial charge in [0.1, 0.15) is 11.8 Å². The molecule has 1 aliphatic carbocycles. The highest BCUT2D eigenvalue weighted by Crippen LogP contribution is 2.51. The molecule has 0 radical (unpaired) electrons. The zero-order chi connectivity index (χ0) is 16.2. The summed E-state index contributed by atoms with van der Waals surface area (Å²) in [6.45, 7) is 6.21. The van der Waals surface area contributed by atoms with Crippen LogP contribution >= 0.6 is 15.9 Å². The molecule has 0 N–H and O–H groups in total. The van der Waals surface area contributed by atoms with Gasteiger partial charge >= 0.3 is 0 Å². The second kappa shape index (κ2) is 5.37. The second-order valence-electron chi connectivity index (χ2n) is 7.35. The second-order valence-corrected chi connectivity index (χ2v) is 8.27. The van der Waals surface area contributed by atoms with Crippen molar-refractivity contribution in [2.75, 3.05) is 13.1 Å². The van der Waals surface area contributed by atoms with Gasteiger partial charge in [-0.1, -0.05) is 36.2 Å². The highest BCUT2D eigenvalue weighted by atomic mass is 79.9. The van der Waals surface area contributed by atoms with E-state index in [4.69, 9.17) is 4.42 Å². The quantitative estimate of drug-likeness (QED) is 0.745. The molecule has 0 spiro atoms. The Bertz CT molecular complexity index is 775. The number of carbonyl (C=O) groups excluding carboxylic acids is 1. The van der Waals surface area contributed by atoms with E-state index in [1.54, 1.807) is 6.26 Å². The Morgan fingerprint density at radius 1 is 1.43 bits per heavy atom. The van der Waals surface area contributed by atoms with Gasteiger partial charge < -0.3 is 9.32 Å². The fourth-order valence-electron chi connectivity index (χ4n) is 3.69. The number of amides is 1. The van der Waals surface area contributed by atoms with E-state index in [1.165, 1.54) is 18.4 Å². The number of benzene rings is 1. The van der Waals surface area contributed by atoms with Crippen molar-refractivity contribution >= 4 is 32.8 Å². The minimum absolute atomic E-state index is 0.115. The van der Waals surface area contributed by atoms with Crippen LogP contribution < -0.4 is 0 Å². The molecule has 1 saturated carbocycles. The minimum Gasteiger partial charge on any atom is -0.463 e. The van der Waals surface area contributed by atoms with Crippen LogP contribution in [0.25, 0.3) is 11.0 Å². The predicted molar refractivity (Wildman–Crippen MR) is 94.8 cm³/mol. The van der Waals surface area contributed by atoms with Crippen LogP contribution in [0, 0.1) is 5.92 Å². The van der Waals surface area contributed by atoms with E-state index in [0.717, 1.165) is 41.4 Å². The number of hydrogen-bond acceptors (Lipinski definition) is 2. The first-order valence-electron chi connectivity index (χ1n) is 8.52. The molecular weight excluding hydrogens is 354 g/mol. The third-order valence-corrected chi connectivity index (χ3v) is 6.13. The largest absolute Gasteiger partial charge is 0.463 e. The van der Waals surface area contributed by atoms with Crippen molar-refractivity contribution in [3.63, 3.8) is 0 Å². The lowest BCUT2D eigenvalue weighted by Gasteiger charge is -2.16. The summed E-state index contributed by atoms with van der Waals surface area (Å²) < 4.78 is 6.89. The van der Waals surface area contributed by atoms with E-state index in [1.807, 2.05) is 11.0 Å². The number of carbonyl (C=O) groups is 1. The van der Waals surface area contributed by atoms with Gasteiger partial charge in [-0.3, -0.25) is 4.79 Å². The van der Waals surface area contributed by atoms with Crippen molar-refractivity contribution < 1.29 is 9.21 Å². The Morgan fingerprint density at radius 2 is 2.22 bits per heavy atom. The molecule has 2 aliphatic rings. The zero-order valence-electron chi connectivity index (χ0n) is 13.7. The maximum Gasteiger partial charge on any atom is 0.257 e. The van der Waals surface area contributed by atoms with Crippen LogP contribution in [0.1, 0.15) is 55.5 Å². The molecule has 1 amide bonds. The van der Waals surface area contributed by atoms with Gasteiger partial charge in [0.2, 0.25) is 0 Å². The summed E-state index contributed by atoms with van der Waals surface area (Å²) >= 11 is 3.61. The molecule has 1 aromatic heterocycles. The zero-order valence-corrected chi connectivity index (χ0v) is 15.3. The van der Waals surface area contributed by atoms with E-state index >= 15 is 0 Å². The molecule has 122 valence electrons. The number of fused-ring (bicyclic) bond motifs is 1. The SMILES string of the molecule is CCC1CCN(C(=O)c2coc3c(C4(C)CC4)cc(Br)cc23)C1. The smallest absolute Gasteiger partial charge is 0.257 e. The lowest BCUT2D eigenvalue weighted by atomic mass is 9.96. The molecule has 23 heavy (non-hydrogen) atoms. The maximum atomic E-state index is 12.9. The molecule has 1 unspecified atom stereocenters. The van der Waals surface area contributed by atoms with Gasteiger partial charge in [0.05, 0.1) is 5.56 Å². The van der Waals surface area contributed by atoms with Gasteiger partial charge in [-0.25, -0.2) is 0 Å². The molecule has 1 aliphatic heterocycles. The number of hydrogen-bond donors (Lipinski definition) is 0. The lowest BCUT2D eigenvalue weighted by Crippen LogP contribution is -2.28. The van der Waals surface area contributed by atoms with Crippen molar-refractivity contribution in [3.05, 3.63) is 34.0 Å². The number of rotatable bonds is 3. The van der Waals surface area contributed by atoms with Gasteiger partial charge in [-0.2, -0.15) is 0 Å². The van der Waals surface area contributed by atoms with Crippen LogP contribution in [-0.4, -0.2) is 23.9 Å². The molecule has 1 atom stereocenters. The van der Waals surface area contributed by atoms with Crippen molar-refractivity contribution in [2.24, 2.45) is 5.92 Å². The average Bonchev–Trinajstić information content (AvgIpc) is 2.99. The van der Waals surface area contributed by atoms with Crippen LogP contribution in [0.4, 0.5) is 0 Å². The molecular formula is C19H22BrNO2. The van der Waals surface area contributed by atoms with Gasteiger partial charge in [0, 0.05) is 28.5 Å². The molecule has 2 aromatic rings. The van der Waals surface area contributed by atoms with Gasteiger partial charge in [-0.05, 0) is 42.7 Å². The first kappa shape index (κ1) is 15.3. The summed E-state index contributed by atoms with van der Waals surface area (Å²) in [5.74, 6) is 0.759. The highest BCUT2D eigenvalue weighted by molar-refractivity contribution is 9.10. The molecule has 2 fully saturated rings. The van der Waals surface area contributed by atoms with Gasteiger partial charge in [0.25, 0.3) is 5.91 Å². The van der Waals surface area contributed by atoms with Crippen molar-refractivity contribution in [1.29, 1.82) is 0 Å². The van der Waals surface area contributed by atoms with E-state index in [9.17, 15) is 4.79 Å². The molecule has 0 bridgehead atoms. The van der Waals surface area contributed by atoms with Crippen molar-refractivity contribution in [1.82, 2.24) is 4.90 Å². The molecule has 4 rings (SSSR count). The van der Waals surface area contributed by atoms with Crippen molar-refractivity contribution in [2.45, 2.75) is 44.9 Å². The molecule has 2 heterocycles. The first-order valence-corrected chi connectivity index (χ1v) is 9.31. The van der Waals surface area contributed by atoms with E-state index in [-0.39, 0.29) is 11.3 Å². The summed E-state index contributed by atoms with van der Waals surface area (Å²) in [4.78, 5) is 14.9. The van der Waals surface area contributed by atoms with Crippen LogP contribution in [0.15, 0.2) is 27.3 Å². The summed E-state index contributed by atoms with van der Waals surface area (Å²) in [7, 11) is 0. The van der Waals surface area contributed by atoms with E-state index in [0.29, 0.717) is 11.5 Å². The Kier molecular flexibility index (Phi) is 3.56. The van der Waals surface area contributed by atoms with E-state index in [2.05, 4.69) is 35.8 Å². The topological polar surface area (TPSA) is 33.5 Å². The van der Waals surface area contributed by atoms with Gasteiger partial charge in [0.15, 0.2) is 0 Å². The fourth-order valence-corrected chi connectivity index (χ4v) is 4.15. The highest BCUT2D eigenvalue weighted by Gasteiger charge is 2.42. The van der Waals surface area contributed by atoms with Crippen LogP contribution in [0.3, 0.4) is 0 Å². The monoisotopic (exact) mass is 375 g/mol. The summed E-state index contributed by atoms with van der Waals surface area (Å²) in [6, 6.07) is 4.17. The summed E-state index contributed by atoms with van der Waals surface area (Å²) in [5.41, 5.74) is 3.04. The molecule has 4 heteroatoms. The Labute approximate surface area is 145 Å². The third-order valence-electron chi connectivity index (χ3n) is 5.67. The van der Waals surface area contributed by atoms with Crippen LogP contribution in [-0.2, 0) is 5.41 Å². The summed E-state index contributed by atoms with van der Waals surface area (Å²) in [5, 5.41) is 0.951. The molecule has 1 aromatic carbocycles. The third kappa shape index (κ3) is 2.51. The summed E-state index contributed by atoms with van der Waals surface area (Å²) in [6.07, 6.45) is 6.29. The number of halogens is 1.